The van der Waals surface area contributed by atoms with Crippen LogP contribution in [-0.2, 0) is 11.0 Å². The largest absolute Gasteiger partial charge is 0.418 e. The van der Waals surface area contributed by atoms with Crippen molar-refractivity contribution in [2.45, 2.75) is 13.1 Å². The molecule has 1 heterocycles. The SMILES string of the molecule is CCN(CC(=O)Nc1ccccc1C(F)(F)F)C(=O)c1cc(Cl)c[nH]1. The molecule has 0 spiro atoms. The van der Waals surface area contributed by atoms with Crippen molar-refractivity contribution in [1.82, 2.24) is 9.88 Å². The van der Waals surface area contributed by atoms with Gasteiger partial charge in [-0.3, -0.25) is 9.59 Å². The van der Waals surface area contributed by atoms with Gasteiger partial charge in [-0.25, -0.2) is 0 Å². The predicted molar refractivity (Wildman–Crippen MR) is 87.5 cm³/mol. The van der Waals surface area contributed by atoms with Crippen molar-refractivity contribution in [3.05, 3.63) is 52.8 Å². The number of hydrogen-bond donors (Lipinski definition) is 2. The Kier molecular flexibility index (Phi) is 5.73. The van der Waals surface area contributed by atoms with Crippen molar-refractivity contribution >= 4 is 29.1 Å². The topological polar surface area (TPSA) is 65.2 Å². The summed E-state index contributed by atoms with van der Waals surface area (Å²) in [4.78, 5) is 28.2. The number of aromatic amines is 1. The number of anilines is 1. The molecule has 0 aliphatic heterocycles. The van der Waals surface area contributed by atoms with Crippen LogP contribution in [0.25, 0.3) is 0 Å². The fraction of sp³-hybridized carbons (Fsp3) is 0.250. The van der Waals surface area contributed by atoms with E-state index in [1.165, 1.54) is 29.3 Å². The van der Waals surface area contributed by atoms with E-state index >= 15 is 0 Å². The second-order valence-electron chi connectivity index (χ2n) is 5.14. The lowest BCUT2D eigenvalue weighted by atomic mass is 10.1. The van der Waals surface area contributed by atoms with Crippen LogP contribution < -0.4 is 5.32 Å². The lowest BCUT2D eigenvalue weighted by Gasteiger charge is -2.20. The molecule has 0 aliphatic carbocycles. The van der Waals surface area contributed by atoms with Crippen molar-refractivity contribution < 1.29 is 22.8 Å². The van der Waals surface area contributed by atoms with E-state index in [1.54, 1.807) is 6.92 Å². The monoisotopic (exact) mass is 373 g/mol. The van der Waals surface area contributed by atoms with E-state index in [2.05, 4.69) is 10.3 Å². The molecule has 0 unspecified atom stereocenters. The molecule has 2 amide bonds. The number of nitrogens with one attached hydrogen (secondary N) is 2. The lowest BCUT2D eigenvalue weighted by Crippen LogP contribution is -2.38. The molecular formula is C16H15ClF3N3O2. The van der Waals surface area contributed by atoms with Crippen LogP contribution >= 0.6 is 11.6 Å². The van der Waals surface area contributed by atoms with Crippen molar-refractivity contribution in [1.29, 1.82) is 0 Å². The number of likely N-dealkylation sites (N-methyl/N-ethyl adjacent to an activating group) is 1. The van der Waals surface area contributed by atoms with Crippen LogP contribution in [0.4, 0.5) is 18.9 Å². The van der Waals surface area contributed by atoms with Crippen molar-refractivity contribution in [2.24, 2.45) is 0 Å². The fourth-order valence-corrected chi connectivity index (χ4v) is 2.36. The number of carbonyl (C=O) groups excluding carboxylic acids is 2. The number of H-pyrrole nitrogens is 1. The van der Waals surface area contributed by atoms with Crippen molar-refractivity contribution in [2.75, 3.05) is 18.4 Å². The van der Waals surface area contributed by atoms with E-state index in [-0.39, 0.29) is 17.9 Å². The first-order valence-corrected chi connectivity index (χ1v) is 7.69. The van der Waals surface area contributed by atoms with Crippen molar-refractivity contribution in [3.8, 4) is 0 Å². The average molecular weight is 374 g/mol. The number of para-hydroxylation sites is 1. The molecule has 1 aromatic carbocycles. The summed E-state index contributed by atoms with van der Waals surface area (Å²) in [6.07, 6.45) is -3.17. The number of nitrogens with zero attached hydrogens (tertiary/aromatic N) is 1. The van der Waals surface area contributed by atoms with E-state index in [0.717, 1.165) is 12.1 Å². The van der Waals surface area contributed by atoms with Gasteiger partial charge in [0.2, 0.25) is 5.91 Å². The molecule has 2 aromatic rings. The Morgan fingerprint density at radius 2 is 1.96 bits per heavy atom. The Hall–Kier alpha value is -2.48. The number of carbonyl (C=O) groups is 2. The molecule has 2 rings (SSSR count). The minimum atomic E-state index is -4.59. The van der Waals surface area contributed by atoms with E-state index in [9.17, 15) is 22.8 Å². The molecule has 9 heteroatoms. The zero-order valence-corrected chi connectivity index (χ0v) is 13.9. The maximum absolute atomic E-state index is 12.9. The minimum Gasteiger partial charge on any atom is -0.356 e. The van der Waals surface area contributed by atoms with Crippen LogP contribution in [-0.4, -0.2) is 34.8 Å². The Morgan fingerprint density at radius 1 is 1.28 bits per heavy atom. The molecule has 134 valence electrons. The quantitative estimate of drug-likeness (QED) is 0.837. The van der Waals surface area contributed by atoms with Gasteiger partial charge in [-0.1, -0.05) is 23.7 Å². The summed E-state index contributed by atoms with van der Waals surface area (Å²) in [5, 5.41) is 2.54. The molecule has 0 aliphatic rings. The molecule has 0 saturated carbocycles. The van der Waals surface area contributed by atoms with Crippen LogP contribution in [0.5, 0.6) is 0 Å². The van der Waals surface area contributed by atoms with E-state index in [1.807, 2.05) is 0 Å². The molecule has 2 N–H and O–H groups in total. The summed E-state index contributed by atoms with van der Waals surface area (Å²) in [6, 6.07) is 6.05. The molecule has 0 saturated heterocycles. The van der Waals surface area contributed by atoms with Gasteiger partial charge in [0.25, 0.3) is 5.91 Å². The first kappa shape index (κ1) is 18.9. The minimum absolute atomic E-state index is 0.190. The standard InChI is InChI=1S/C16H15ClF3N3O2/c1-2-23(15(25)13-7-10(17)8-21-13)9-14(24)22-12-6-4-3-5-11(12)16(18,19)20/h3-8,21H,2,9H2,1H3,(H,22,24). The highest BCUT2D eigenvalue weighted by atomic mass is 35.5. The van der Waals surface area contributed by atoms with Crippen LogP contribution in [0.1, 0.15) is 23.0 Å². The number of halogens is 4. The highest BCUT2D eigenvalue weighted by Gasteiger charge is 2.33. The smallest absolute Gasteiger partial charge is 0.356 e. The van der Waals surface area contributed by atoms with Gasteiger partial charge in [0, 0.05) is 12.7 Å². The fourth-order valence-electron chi connectivity index (χ4n) is 2.19. The number of hydrogen-bond acceptors (Lipinski definition) is 2. The van der Waals surface area contributed by atoms with E-state index in [4.69, 9.17) is 11.6 Å². The van der Waals surface area contributed by atoms with Gasteiger partial charge in [-0.15, -0.1) is 0 Å². The predicted octanol–water partition coefficient (Wildman–Crippen LogP) is 3.79. The van der Waals surface area contributed by atoms with E-state index in [0.29, 0.717) is 5.02 Å². The maximum Gasteiger partial charge on any atom is 0.418 e. The zero-order valence-electron chi connectivity index (χ0n) is 13.2. The third-order valence-corrected chi connectivity index (χ3v) is 3.61. The highest BCUT2D eigenvalue weighted by Crippen LogP contribution is 2.34. The van der Waals surface area contributed by atoms with Gasteiger partial charge in [-0.05, 0) is 25.1 Å². The second-order valence-corrected chi connectivity index (χ2v) is 5.58. The summed E-state index contributed by atoms with van der Waals surface area (Å²) in [7, 11) is 0. The molecular weight excluding hydrogens is 359 g/mol. The summed E-state index contributed by atoms with van der Waals surface area (Å²) in [5.74, 6) is -1.21. The third-order valence-electron chi connectivity index (χ3n) is 3.39. The molecule has 0 fully saturated rings. The molecule has 1 aromatic heterocycles. The second kappa shape index (κ2) is 7.60. The van der Waals surface area contributed by atoms with Crippen LogP contribution in [0.15, 0.2) is 36.5 Å². The van der Waals surface area contributed by atoms with E-state index < -0.39 is 30.1 Å². The third kappa shape index (κ3) is 4.76. The van der Waals surface area contributed by atoms with Gasteiger partial charge in [0.05, 0.1) is 16.3 Å². The normalized spacial score (nSPS) is 11.2. The van der Waals surface area contributed by atoms with Crippen LogP contribution in [0, 0.1) is 0 Å². The number of rotatable bonds is 5. The highest BCUT2D eigenvalue weighted by molar-refractivity contribution is 6.31. The maximum atomic E-state index is 12.9. The molecule has 5 nitrogen and oxygen atoms in total. The lowest BCUT2D eigenvalue weighted by molar-refractivity contribution is -0.137. The number of aromatic nitrogens is 1. The van der Waals surface area contributed by atoms with Gasteiger partial charge in [0.15, 0.2) is 0 Å². The summed E-state index contributed by atoms with van der Waals surface area (Å²) in [5.41, 5.74) is -1.12. The molecule has 0 radical (unpaired) electrons. The summed E-state index contributed by atoms with van der Waals surface area (Å²) in [6.45, 7) is 1.46. The molecule has 25 heavy (non-hydrogen) atoms. The summed E-state index contributed by atoms with van der Waals surface area (Å²) < 4.78 is 38.8. The number of alkyl halides is 3. The molecule has 0 bridgehead atoms. The molecule has 0 atom stereocenters. The number of benzene rings is 1. The average Bonchev–Trinajstić information content (AvgIpc) is 2.98. The number of amides is 2. The Morgan fingerprint density at radius 3 is 2.52 bits per heavy atom. The van der Waals surface area contributed by atoms with Gasteiger partial charge < -0.3 is 15.2 Å². The van der Waals surface area contributed by atoms with Crippen LogP contribution in [0.2, 0.25) is 5.02 Å². The Balaban J connectivity index is 2.10. The summed E-state index contributed by atoms with van der Waals surface area (Å²) >= 11 is 5.74. The van der Waals surface area contributed by atoms with Crippen molar-refractivity contribution in [3.63, 3.8) is 0 Å². The van der Waals surface area contributed by atoms with Gasteiger partial charge in [-0.2, -0.15) is 13.2 Å². The van der Waals surface area contributed by atoms with Gasteiger partial charge in [0.1, 0.15) is 12.2 Å². The van der Waals surface area contributed by atoms with Crippen LogP contribution in [0.3, 0.4) is 0 Å². The Bertz CT molecular complexity index is 774. The van der Waals surface area contributed by atoms with Gasteiger partial charge >= 0.3 is 6.18 Å². The first-order chi connectivity index (χ1) is 11.7. The zero-order chi connectivity index (χ0) is 18.6. The Labute approximate surface area is 146 Å². The first-order valence-electron chi connectivity index (χ1n) is 7.31.